The zero-order chi connectivity index (χ0) is 9.26. The minimum absolute atomic E-state index is 0.212. The fourth-order valence-electron chi connectivity index (χ4n) is 1.70. The number of rotatable bonds is 2. The molecule has 0 spiro atoms. The Bertz CT molecular complexity index is 417. The van der Waals surface area contributed by atoms with E-state index < -0.39 is 0 Å². The van der Waals surface area contributed by atoms with Crippen LogP contribution in [0.2, 0.25) is 0 Å². The van der Waals surface area contributed by atoms with Crippen molar-refractivity contribution in [2.75, 3.05) is 6.61 Å². The SMILES string of the molecule is Cc1ccc(CCO)c2cc[nH]c12. The predicted octanol–water partition coefficient (Wildman–Crippen LogP) is 2.01. The molecule has 13 heavy (non-hydrogen) atoms. The predicted molar refractivity (Wildman–Crippen MR) is 53.8 cm³/mol. The van der Waals surface area contributed by atoms with Crippen LogP contribution >= 0.6 is 0 Å². The van der Waals surface area contributed by atoms with Crippen LogP contribution in [0.4, 0.5) is 0 Å². The molecule has 0 amide bonds. The second-order valence-corrected chi connectivity index (χ2v) is 3.28. The minimum Gasteiger partial charge on any atom is -0.396 e. The second kappa shape index (κ2) is 3.23. The van der Waals surface area contributed by atoms with Crippen LogP contribution in [-0.2, 0) is 6.42 Å². The van der Waals surface area contributed by atoms with Crippen molar-refractivity contribution in [3.8, 4) is 0 Å². The summed E-state index contributed by atoms with van der Waals surface area (Å²) in [6, 6.07) is 6.24. The third kappa shape index (κ3) is 1.33. The molecule has 0 unspecified atom stereocenters. The van der Waals surface area contributed by atoms with E-state index >= 15 is 0 Å². The summed E-state index contributed by atoms with van der Waals surface area (Å²) >= 11 is 0. The Balaban J connectivity index is 2.64. The van der Waals surface area contributed by atoms with Crippen molar-refractivity contribution in [1.82, 2.24) is 4.98 Å². The Hall–Kier alpha value is -1.28. The lowest BCUT2D eigenvalue weighted by atomic mass is 10.0. The number of hydrogen-bond donors (Lipinski definition) is 2. The van der Waals surface area contributed by atoms with Crippen molar-refractivity contribution < 1.29 is 5.11 Å². The first-order chi connectivity index (χ1) is 6.33. The number of aliphatic hydroxyl groups is 1. The molecule has 1 heterocycles. The third-order valence-electron chi connectivity index (χ3n) is 2.40. The molecule has 0 aliphatic heterocycles. The molecule has 2 heteroatoms. The van der Waals surface area contributed by atoms with Crippen LogP contribution in [0.5, 0.6) is 0 Å². The first-order valence-electron chi connectivity index (χ1n) is 4.49. The van der Waals surface area contributed by atoms with Crippen molar-refractivity contribution >= 4 is 10.9 Å². The van der Waals surface area contributed by atoms with Crippen molar-refractivity contribution in [1.29, 1.82) is 0 Å². The van der Waals surface area contributed by atoms with E-state index in [4.69, 9.17) is 5.11 Å². The smallest absolute Gasteiger partial charge is 0.0486 e. The summed E-state index contributed by atoms with van der Waals surface area (Å²) < 4.78 is 0. The van der Waals surface area contributed by atoms with Gasteiger partial charge in [0.2, 0.25) is 0 Å². The Labute approximate surface area is 77.2 Å². The highest BCUT2D eigenvalue weighted by Crippen LogP contribution is 2.21. The van der Waals surface area contributed by atoms with Gasteiger partial charge in [-0.05, 0) is 30.5 Å². The molecular weight excluding hydrogens is 162 g/mol. The molecule has 0 atom stereocenters. The van der Waals surface area contributed by atoms with E-state index in [9.17, 15) is 0 Å². The van der Waals surface area contributed by atoms with E-state index in [-0.39, 0.29) is 6.61 Å². The van der Waals surface area contributed by atoms with Gasteiger partial charge in [-0.2, -0.15) is 0 Å². The Morgan fingerprint density at radius 1 is 1.31 bits per heavy atom. The van der Waals surface area contributed by atoms with E-state index in [1.54, 1.807) is 0 Å². The van der Waals surface area contributed by atoms with Gasteiger partial charge in [0.15, 0.2) is 0 Å². The normalized spacial score (nSPS) is 10.9. The number of aromatic amines is 1. The van der Waals surface area contributed by atoms with Crippen LogP contribution in [0.25, 0.3) is 10.9 Å². The largest absolute Gasteiger partial charge is 0.396 e. The average molecular weight is 175 g/mol. The third-order valence-corrected chi connectivity index (χ3v) is 2.40. The number of nitrogens with one attached hydrogen (secondary N) is 1. The van der Waals surface area contributed by atoms with Crippen LogP contribution in [-0.4, -0.2) is 16.7 Å². The average Bonchev–Trinajstić information content (AvgIpc) is 2.59. The highest BCUT2D eigenvalue weighted by atomic mass is 16.2. The number of aromatic nitrogens is 1. The quantitative estimate of drug-likeness (QED) is 0.719. The molecular formula is C11H13NO. The van der Waals surface area contributed by atoms with Gasteiger partial charge in [0.1, 0.15) is 0 Å². The summed E-state index contributed by atoms with van der Waals surface area (Å²) in [6.45, 7) is 2.30. The fraction of sp³-hybridized carbons (Fsp3) is 0.273. The van der Waals surface area contributed by atoms with Crippen LogP contribution in [0.1, 0.15) is 11.1 Å². The van der Waals surface area contributed by atoms with Crippen molar-refractivity contribution in [3.05, 3.63) is 35.5 Å². The van der Waals surface area contributed by atoms with Crippen molar-refractivity contribution in [3.63, 3.8) is 0 Å². The highest BCUT2D eigenvalue weighted by molar-refractivity contribution is 5.85. The molecule has 0 fully saturated rings. The van der Waals surface area contributed by atoms with Gasteiger partial charge in [-0.1, -0.05) is 12.1 Å². The number of benzene rings is 1. The van der Waals surface area contributed by atoms with Gasteiger partial charge in [0, 0.05) is 23.7 Å². The molecule has 68 valence electrons. The molecule has 1 aromatic carbocycles. The van der Waals surface area contributed by atoms with Crippen LogP contribution < -0.4 is 0 Å². The van der Waals surface area contributed by atoms with Gasteiger partial charge in [-0.3, -0.25) is 0 Å². The standard InChI is InChI=1S/C11H13NO/c1-8-2-3-9(5-7-13)10-4-6-12-11(8)10/h2-4,6,12-13H,5,7H2,1H3. The lowest BCUT2D eigenvalue weighted by molar-refractivity contribution is 0.300. The molecule has 0 aliphatic rings. The maximum absolute atomic E-state index is 8.88. The van der Waals surface area contributed by atoms with Crippen molar-refractivity contribution in [2.24, 2.45) is 0 Å². The highest BCUT2D eigenvalue weighted by Gasteiger charge is 2.02. The van der Waals surface area contributed by atoms with Crippen LogP contribution in [0.3, 0.4) is 0 Å². The zero-order valence-electron chi connectivity index (χ0n) is 7.67. The summed E-state index contributed by atoms with van der Waals surface area (Å²) in [5, 5.41) is 10.1. The summed E-state index contributed by atoms with van der Waals surface area (Å²) in [5.41, 5.74) is 3.65. The molecule has 2 aromatic rings. The molecule has 1 aromatic heterocycles. The van der Waals surface area contributed by atoms with E-state index in [0.717, 1.165) is 6.42 Å². The zero-order valence-corrected chi connectivity index (χ0v) is 7.67. The second-order valence-electron chi connectivity index (χ2n) is 3.28. The van der Waals surface area contributed by atoms with E-state index in [0.29, 0.717) is 0 Å². The molecule has 2 N–H and O–H groups in total. The van der Waals surface area contributed by atoms with Gasteiger partial charge in [-0.15, -0.1) is 0 Å². The lowest BCUT2D eigenvalue weighted by Gasteiger charge is -2.02. The number of H-pyrrole nitrogens is 1. The van der Waals surface area contributed by atoms with Gasteiger partial charge in [-0.25, -0.2) is 0 Å². The molecule has 0 bridgehead atoms. The maximum atomic E-state index is 8.88. The minimum atomic E-state index is 0.212. The van der Waals surface area contributed by atoms with Gasteiger partial charge >= 0.3 is 0 Å². The Kier molecular flexibility index (Phi) is 2.07. The van der Waals surface area contributed by atoms with E-state index in [1.807, 2.05) is 6.20 Å². The van der Waals surface area contributed by atoms with E-state index in [1.165, 1.54) is 22.0 Å². The van der Waals surface area contributed by atoms with Crippen molar-refractivity contribution in [2.45, 2.75) is 13.3 Å². The van der Waals surface area contributed by atoms with Gasteiger partial charge < -0.3 is 10.1 Å². The molecule has 2 rings (SSSR count). The topological polar surface area (TPSA) is 36.0 Å². The fourth-order valence-corrected chi connectivity index (χ4v) is 1.70. The first-order valence-corrected chi connectivity index (χ1v) is 4.49. The number of hydrogen-bond acceptors (Lipinski definition) is 1. The molecule has 0 saturated carbocycles. The summed E-state index contributed by atoms with van der Waals surface area (Å²) in [5.74, 6) is 0. The van der Waals surface area contributed by atoms with Crippen LogP contribution in [0.15, 0.2) is 24.4 Å². The first kappa shape index (κ1) is 8.32. The molecule has 0 saturated heterocycles. The summed E-state index contributed by atoms with van der Waals surface area (Å²) in [4.78, 5) is 3.21. The molecule has 0 aliphatic carbocycles. The van der Waals surface area contributed by atoms with Gasteiger partial charge in [0.25, 0.3) is 0 Å². The maximum Gasteiger partial charge on any atom is 0.0486 e. The monoisotopic (exact) mass is 175 g/mol. The Morgan fingerprint density at radius 3 is 2.92 bits per heavy atom. The van der Waals surface area contributed by atoms with E-state index in [2.05, 4.69) is 30.1 Å². The van der Waals surface area contributed by atoms with Gasteiger partial charge in [0.05, 0.1) is 0 Å². The molecule has 2 nitrogen and oxygen atoms in total. The number of fused-ring (bicyclic) bond motifs is 1. The molecule has 0 radical (unpaired) electrons. The lowest BCUT2D eigenvalue weighted by Crippen LogP contribution is -1.91. The number of aliphatic hydroxyl groups excluding tert-OH is 1. The summed E-state index contributed by atoms with van der Waals surface area (Å²) in [6.07, 6.45) is 2.67. The number of aryl methyl sites for hydroxylation is 1. The van der Waals surface area contributed by atoms with Crippen LogP contribution in [0, 0.1) is 6.92 Å². The Morgan fingerprint density at radius 2 is 2.15 bits per heavy atom. The summed E-state index contributed by atoms with van der Waals surface area (Å²) in [7, 11) is 0.